The fourth-order valence-electron chi connectivity index (χ4n) is 3.23. The summed E-state index contributed by atoms with van der Waals surface area (Å²) in [6, 6.07) is 0.482. The first-order valence-corrected chi connectivity index (χ1v) is 8.05. The summed E-state index contributed by atoms with van der Waals surface area (Å²) in [5.41, 5.74) is 1.18. The summed E-state index contributed by atoms with van der Waals surface area (Å²) in [7, 11) is 0. The third-order valence-corrected chi connectivity index (χ3v) is 5.21. The Balaban J connectivity index is 1.82. The van der Waals surface area contributed by atoms with Crippen molar-refractivity contribution in [1.29, 1.82) is 0 Å². The van der Waals surface area contributed by atoms with E-state index in [-0.39, 0.29) is 5.60 Å². The predicted octanol–water partition coefficient (Wildman–Crippen LogP) is 3.37. The quantitative estimate of drug-likeness (QED) is 0.907. The van der Waals surface area contributed by atoms with Crippen LogP contribution in [-0.2, 0) is 10.3 Å². The van der Waals surface area contributed by atoms with Crippen molar-refractivity contribution in [1.82, 2.24) is 10.3 Å². The zero-order valence-corrected chi connectivity index (χ0v) is 11.9. The third kappa shape index (κ3) is 2.22. The van der Waals surface area contributed by atoms with Crippen molar-refractivity contribution in [2.24, 2.45) is 0 Å². The number of rotatable bonds is 4. The van der Waals surface area contributed by atoms with Crippen molar-refractivity contribution in [3.8, 4) is 0 Å². The molecule has 0 spiro atoms. The van der Waals surface area contributed by atoms with Gasteiger partial charge in [-0.15, -0.1) is 11.3 Å². The van der Waals surface area contributed by atoms with Gasteiger partial charge in [0, 0.05) is 12.0 Å². The van der Waals surface area contributed by atoms with Crippen molar-refractivity contribution < 1.29 is 4.74 Å². The largest absolute Gasteiger partial charge is 0.368 e. The van der Waals surface area contributed by atoms with Gasteiger partial charge < -0.3 is 10.1 Å². The Morgan fingerprint density at radius 1 is 1.44 bits per heavy atom. The Morgan fingerprint density at radius 3 is 2.94 bits per heavy atom. The van der Waals surface area contributed by atoms with E-state index in [1.807, 2.05) is 0 Å². The Kier molecular flexibility index (Phi) is 3.68. The maximum absolute atomic E-state index is 6.08. The summed E-state index contributed by atoms with van der Waals surface area (Å²) in [5.74, 6) is 0. The minimum atomic E-state index is -0.0593. The highest BCUT2D eigenvalue weighted by Gasteiger charge is 2.39. The van der Waals surface area contributed by atoms with Gasteiger partial charge >= 0.3 is 0 Å². The van der Waals surface area contributed by atoms with Crippen molar-refractivity contribution in [3.05, 3.63) is 16.1 Å². The van der Waals surface area contributed by atoms with E-state index in [0.29, 0.717) is 6.04 Å². The molecule has 100 valence electrons. The molecule has 3 nitrogen and oxygen atoms in total. The molecule has 2 aliphatic rings. The second kappa shape index (κ2) is 5.27. The van der Waals surface area contributed by atoms with Gasteiger partial charge in [-0.3, -0.25) is 0 Å². The van der Waals surface area contributed by atoms with Gasteiger partial charge in [0.15, 0.2) is 0 Å². The summed E-state index contributed by atoms with van der Waals surface area (Å²) >= 11 is 1.80. The summed E-state index contributed by atoms with van der Waals surface area (Å²) in [6.07, 6.45) is 7.34. The first-order chi connectivity index (χ1) is 8.84. The Hall–Kier alpha value is -0.450. The normalized spacial score (nSPS) is 26.8. The number of thiazole rings is 1. The average Bonchev–Trinajstić information content (AvgIpc) is 3.11. The van der Waals surface area contributed by atoms with Crippen LogP contribution < -0.4 is 5.32 Å². The fraction of sp³-hybridized carbons (Fsp3) is 0.786. The van der Waals surface area contributed by atoms with Crippen LogP contribution in [0.15, 0.2) is 5.38 Å². The molecule has 1 N–H and O–H groups in total. The lowest BCUT2D eigenvalue weighted by molar-refractivity contribution is -0.0392. The molecule has 1 saturated carbocycles. The molecule has 4 heteroatoms. The molecule has 1 aliphatic heterocycles. The number of ether oxygens (including phenoxy) is 1. The molecule has 1 aliphatic carbocycles. The molecule has 2 heterocycles. The predicted molar refractivity (Wildman–Crippen MR) is 73.9 cm³/mol. The molecule has 0 radical (unpaired) electrons. The van der Waals surface area contributed by atoms with Crippen molar-refractivity contribution in [3.63, 3.8) is 0 Å². The lowest BCUT2D eigenvalue weighted by atomic mass is 10.0. The van der Waals surface area contributed by atoms with E-state index >= 15 is 0 Å². The zero-order chi connectivity index (χ0) is 12.4. The number of aromatic nitrogens is 1. The van der Waals surface area contributed by atoms with Crippen molar-refractivity contribution >= 4 is 11.3 Å². The van der Waals surface area contributed by atoms with Gasteiger partial charge in [0.05, 0.1) is 11.7 Å². The van der Waals surface area contributed by atoms with Gasteiger partial charge in [-0.05, 0) is 39.2 Å². The van der Waals surface area contributed by atoms with Crippen LogP contribution >= 0.6 is 11.3 Å². The molecule has 1 aromatic rings. The van der Waals surface area contributed by atoms with Crippen LogP contribution in [0.5, 0.6) is 0 Å². The van der Waals surface area contributed by atoms with Crippen LogP contribution in [0.2, 0.25) is 0 Å². The zero-order valence-electron chi connectivity index (χ0n) is 11.1. The highest BCUT2D eigenvalue weighted by Crippen LogP contribution is 2.44. The molecule has 1 saturated heterocycles. The van der Waals surface area contributed by atoms with Crippen LogP contribution in [0.1, 0.15) is 62.2 Å². The molecule has 0 bridgehead atoms. The van der Waals surface area contributed by atoms with E-state index in [0.717, 1.165) is 26.0 Å². The van der Waals surface area contributed by atoms with E-state index < -0.39 is 0 Å². The molecular formula is C14H22N2OS. The smallest absolute Gasteiger partial charge is 0.125 e. The number of hydrogen-bond donors (Lipinski definition) is 1. The Morgan fingerprint density at radius 2 is 2.28 bits per heavy atom. The number of nitrogens with zero attached hydrogens (tertiary/aromatic N) is 1. The van der Waals surface area contributed by atoms with Crippen LogP contribution in [0, 0.1) is 0 Å². The van der Waals surface area contributed by atoms with E-state index in [2.05, 4.69) is 17.6 Å². The van der Waals surface area contributed by atoms with Gasteiger partial charge in [0.1, 0.15) is 10.6 Å². The number of hydrogen-bond acceptors (Lipinski definition) is 4. The maximum Gasteiger partial charge on any atom is 0.125 e. The molecular weight excluding hydrogens is 244 g/mol. The monoisotopic (exact) mass is 266 g/mol. The molecule has 1 atom stereocenters. The van der Waals surface area contributed by atoms with Crippen LogP contribution in [-0.4, -0.2) is 18.1 Å². The van der Waals surface area contributed by atoms with Crippen molar-refractivity contribution in [2.75, 3.05) is 13.2 Å². The Labute approximate surface area is 113 Å². The lowest BCUT2D eigenvalue weighted by Gasteiger charge is -2.26. The van der Waals surface area contributed by atoms with E-state index in [1.54, 1.807) is 11.3 Å². The standard InChI is InChI=1S/C14H22N2OS/c1-2-17-14(7-3-4-8-14)13-16-12(10-18-13)11-6-5-9-15-11/h10-11,15H,2-9H2,1H3/t11-/m1/s1. The van der Waals surface area contributed by atoms with E-state index in [4.69, 9.17) is 9.72 Å². The molecule has 18 heavy (non-hydrogen) atoms. The summed E-state index contributed by atoms with van der Waals surface area (Å²) in [4.78, 5) is 4.90. The van der Waals surface area contributed by atoms with Crippen LogP contribution in [0.4, 0.5) is 0 Å². The highest BCUT2D eigenvalue weighted by molar-refractivity contribution is 7.09. The van der Waals surface area contributed by atoms with Gasteiger partial charge in [0.25, 0.3) is 0 Å². The molecule has 2 fully saturated rings. The molecule has 0 aromatic carbocycles. The summed E-state index contributed by atoms with van der Waals surface area (Å²) in [6.45, 7) is 4.01. The first kappa shape index (κ1) is 12.6. The van der Waals surface area contributed by atoms with Gasteiger partial charge in [0.2, 0.25) is 0 Å². The minimum Gasteiger partial charge on any atom is -0.368 e. The van der Waals surface area contributed by atoms with Crippen LogP contribution in [0.3, 0.4) is 0 Å². The molecule has 0 unspecified atom stereocenters. The first-order valence-electron chi connectivity index (χ1n) is 7.17. The molecule has 0 amide bonds. The summed E-state index contributed by atoms with van der Waals surface area (Å²) in [5, 5.41) is 6.97. The van der Waals surface area contributed by atoms with Crippen LogP contribution in [0.25, 0.3) is 0 Å². The fourth-order valence-corrected chi connectivity index (χ4v) is 4.32. The highest BCUT2D eigenvalue weighted by atomic mass is 32.1. The van der Waals surface area contributed by atoms with E-state index in [1.165, 1.54) is 36.4 Å². The summed E-state index contributed by atoms with van der Waals surface area (Å²) < 4.78 is 6.08. The van der Waals surface area contributed by atoms with Gasteiger partial charge in [-0.1, -0.05) is 12.8 Å². The average molecular weight is 266 g/mol. The number of nitrogens with one attached hydrogen (secondary N) is 1. The topological polar surface area (TPSA) is 34.1 Å². The van der Waals surface area contributed by atoms with Gasteiger partial charge in [-0.25, -0.2) is 4.98 Å². The molecule has 1 aromatic heterocycles. The van der Waals surface area contributed by atoms with E-state index in [9.17, 15) is 0 Å². The second-order valence-electron chi connectivity index (χ2n) is 5.36. The van der Waals surface area contributed by atoms with Gasteiger partial charge in [-0.2, -0.15) is 0 Å². The SMILES string of the molecule is CCOC1(c2nc([C@H]3CCCN3)cs2)CCCC1. The Bertz CT molecular complexity index is 392. The second-order valence-corrected chi connectivity index (χ2v) is 6.22. The van der Waals surface area contributed by atoms with Crippen molar-refractivity contribution in [2.45, 2.75) is 57.1 Å². The lowest BCUT2D eigenvalue weighted by Crippen LogP contribution is -2.26. The minimum absolute atomic E-state index is 0.0593. The molecule has 3 rings (SSSR count). The third-order valence-electron chi connectivity index (χ3n) is 4.16. The maximum atomic E-state index is 6.08.